The van der Waals surface area contributed by atoms with Crippen molar-refractivity contribution in [2.24, 2.45) is 0 Å². The molecule has 136 valence electrons. The Morgan fingerprint density at radius 2 is 1.88 bits per heavy atom. The number of phenols is 1. The number of phenolic OH excluding ortho intramolecular Hbond substituents is 1. The Bertz CT molecular complexity index is 668. The summed E-state index contributed by atoms with van der Waals surface area (Å²) >= 11 is 1.21. The van der Waals surface area contributed by atoms with Crippen LogP contribution < -0.4 is 4.74 Å². The van der Waals surface area contributed by atoms with Crippen LogP contribution >= 0.6 is 11.8 Å². The zero-order chi connectivity index (χ0) is 18.8. The molecule has 0 aliphatic carbocycles. The molecule has 0 saturated carbocycles. The van der Waals surface area contributed by atoms with E-state index in [1.807, 2.05) is 33.8 Å². The molecule has 1 N–H and O–H groups in total. The van der Waals surface area contributed by atoms with Crippen LogP contribution in [0.2, 0.25) is 0 Å². The van der Waals surface area contributed by atoms with E-state index in [1.165, 1.54) is 25.8 Å². The molecule has 25 heavy (non-hydrogen) atoms. The maximum absolute atomic E-state index is 11.4. The summed E-state index contributed by atoms with van der Waals surface area (Å²) in [6.45, 7) is 9.51. The third-order valence-corrected chi connectivity index (χ3v) is 5.44. The highest BCUT2D eigenvalue weighted by Crippen LogP contribution is 2.39. The van der Waals surface area contributed by atoms with E-state index < -0.39 is 18.3 Å². The summed E-state index contributed by atoms with van der Waals surface area (Å²) in [5.41, 5.74) is 0.782. The average molecular weight is 364 g/mol. The van der Waals surface area contributed by atoms with Crippen molar-refractivity contribution in [3.63, 3.8) is 0 Å². The maximum Gasteiger partial charge on any atom is 0.491 e. The van der Waals surface area contributed by atoms with Crippen LogP contribution in [0.4, 0.5) is 0 Å². The molecule has 1 aromatic carbocycles. The second-order valence-electron chi connectivity index (χ2n) is 7.02. The second-order valence-corrected chi connectivity index (χ2v) is 8.17. The molecule has 5 nitrogen and oxygen atoms in total. The summed E-state index contributed by atoms with van der Waals surface area (Å²) < 4.78 is 17.4. The second kappa shape index (κ2) is 7.44. The fraction of sp³-hybridized carbons (Fsp3) is 0.500. The molecule has 1 saturated heterocycles. The molecular weight excluding hydrogens is 339 g/mol. The zero-order valence-electron chi connectivity index (χ0n) is 15.6. The molecule has 7 heteroatoms. The summed E-state index contributed by atoms with van der Waals surface area (Å²) in [6.07, 6.45) is 1.92. The van der Waals surface area contributed by atoms with E-state index in [-0.39, 0.29) is 10.9 Å². The minimum Gasteiger partial charge on any atom is -0.504 e. The molecule has 0 radical (unpaired) electrons. The fourth-order valence-corrected chi connectivity index (χ4v) is 2.94. The van der Waals surface area contributed by atoms with Crippen LogP contribution in [0.5, 0.6) is 11.5 Å². The van der Waals surface area contributed by atoms with E-state index >= 15 is 0 Å². The van der Waals surface area contributed by atoms with Gasteiger partial charge in [0, 0.05) is 12.7 Å². The van der Waals surface area contributed by atoms with Gasteiger partial charge in [-0.2, -0.15) is 0 Å². The first-order valence-corrected chi connectivity index (χ1v) is 9.11. The number of rotatable bonds is 5. The van der Waals surface area contributed by atoms with Crippen LogP contribution in [0.15, 0.2) is 23.7 Å². The molecule has 1 aliphatic heterocycles. The third kappa shape index (κ3) is 4.60. The van der Waals surface area contributed by atoms with Gasteiger partial charge in [-0.25, -0.2) is 0 Å². The number of methoxy groups -OCH3 is 1. The topological polar surface area (TPSA) is 65.0 Å². The van der Waals surface area contributed by atoms with Crippen LogP contribution in [0.1, 0.15) is 40.2 Å². The molecule has 1 fully saturated rings. The molecule has 2 rings (SSSR count). The number of aromatic hydroxyl groups is 1. The van der Waals surface area contributed by atoms with Crippen LogP contribution in [0.25, 0.3) is 6.08 Å². The summed E-state index contributed by atoms with van der Waals surface area (Å²) in [4.78, 5) is 11.4. The van der Waals surface area contributed by atoms with Gasteiger partial charge in [-0.15, -0.1) is 0 Å². The molecule has 0 amide bonds. The third-order valence-electron chi connectivity index (χ3n) is 4.55. The largest absolute Gasteiger partial charge is 0.504 e. The Morgan fingerprint density at radius 3 is 2.40 bits per heavy atom. The fourth-order valence-electron chi connectivity index (χ4n) is 2.36. The first-order valence-electron chi connectivity index (χ1n) is 8.12. The number of ether oxygens (including phenoxy) is 1. The first-order chi connectivity index (χ1) is 11.6. The van der Waals surface area contributed by atoms with E-state index in [4.69, 9.17) is 14.0 Å². The van der Waals surface area contributed by atoms with Gasteiger partial charge in [-0.1, -0.05) is 23.9 Å². The van der Waals surface area contributed by atoms with Crippen molar-refractivity contribution >= 4 is 30.1 Å². The van der Waals surface area contributed by atoms with E-state index in [1.54, 1.807) is 18.2 Å². The Kier molecular flexibility index (Phi) is 5.91. The van der Waals surface area contributed by atoms with Crippen LogP contribution in [-0.4, -0.2) is 41.4 Å². The summed E-state index contributed by atoms with van der Waals surface area (Å²) in [6, 6.07) is 5.09. The van der Waals surface area contributed by atoms with Crippen molar-refractivity contribution < 1.29 is 23.9 Å². The summed E-state index contributed by atoms with van der Waals surface area (Å²) in [5.74, 6) is 0.936. The number of hydrogen-bond acceptors (Lipinski definition) is 6. The van der Waals surface area contributed by atoms with Gasteiger partial charge >= 0.3 is 7.12 Å². The van der Waals surface area contributed by atoms with Gasteiger partial charge in [0.25, 0.3) is 0 Å². The van der Waals surface area contributed by atoms with Crippen LogP contribution in [-0.2, 0) is 14.1 Å². The van der Waals surface area contributed by atoms with E-state index in [2.05, 4.69) is 0 Å². The molecule has 1 aliphatic rings. The Hall–Kier alpha value is -1.44. The van der Waals surface area contributed by atoms with Gasteiger partial charge < -0.3 is 19.2 Å². The first kappa shape index (κ1) is 19.9. The molecule has 0 spiro atoms. The van der Waals surface area contributed by atoms with Gasteiger partial charge in [0.1, 0.15) is 0 Å². The molecular formula is C18H25BO5S. The van der Waals surface area contributed by atoms with Crippen LogP contribution in [0, 0.1) is 0 Å². The molecule has 1 heterocycles. The Labute approximate surface area is 153 Å². The van der Waals surface area contributed by atoms with Crippen LogP contribution in [0.3, 0.4) is 0 Å². The normalized spacial score (nSPS) is 19.1. The number of benzene rings is 1. The Balaban J connectivity index is 2.35. The quantitative estimate of drug-likeness (QED) is 0.804. The Morgan fingerprint density at radius 1 is 1.28 bits per heavy atom. The summed E-state index contributed by atoms with van der Waals surface area (Å²) in [7, 11) is 0.972. The standard InChI is InChI=1S/C18H25BO5S/c1-12(20)25-11-14(19-23-17(2,3)18(4,5)24-19)9-13-7-8-15(21)16(10-13)22-6/h7-10,21H,11H2,1-6H3. The maximum atomic E-state index is 11.4. The lowest BCUT2D eigenvalue weighted by Crippen LogP contribution is -2.41. The summed E-state index contributed by atoms with van der Waals surface area (Å²) in [5, 5.41) is 9.78. The van der Waals surface area contributed by atoms with Gasteiger partial charge in [0.05, 0.1) is 18.3 Å². The van der Waals surface area contributed by atoms with Gasteiger partial charge in [-0.3, -0.25) is 4.79 Å². The number of carbonyl (C=O) groups is 1. The van der Waals surface area contributed by atoms with Gasteiger partial charge in [0.15, 0.2) is 16.6 Å². The van der Waals surface area contributed by atoms with Crippen molar-refractivity contribution in [1.82, 2.24) is 0 Å². The lowest BCUT2D eigenvalue weighted by molar-refractivity contribution is -0.109. The number of carbonyl (C=O) groups excluding carboxylic acids is 1. The lowest BCUT2D eigenvalue weighted by atomic mass is 9.78. The van der Waals surface area contributed by atoms with Gasteiger partial charge in [0.2, 0.25) is 0 Å². The van der Waals surface area contributed by atoms with E-state index in [0.29, 0.717) is 11.5 Å². The highest BCUT2D eigenvalue weighted by atomic mass is 32.2. The van der Waals surface area contributed by atoms with Crippen molar-refractivity contribution in [3.8, 4) is 11.5 Å². The molecule has 0 bridgehead atoms. The van der Waals surface area contributed by atoms with Crippen molar-refractivity contribution in [2.45, 2.75) is 45.8 Å². The molecule has 1 aromatic rings. The zero-order valence-corrected chi connectivity index (χ0v) is 16.4. The highest BCUT2D eigenvalue weighted by Gasteiger charge is 2.52. The predicted octanol–water partition coefficient (Wildman–Crippen LogP) is 3.70. The van der Waals surface area contributed by atoms with E-state index in [9.17, 15) is 9.90 Å². The van der Waals surface area contributed by atoms with Crippen molar-refractivity contribution in [3.05, 3.63) is 29.2 Å². The smallest absolute Gasteiger partial charge is 0.491 e. The number of hydrogen-bond donors (Lipinski definition) is 1. The molecule has 0 unspecified atom stereocenters. The highest BCUT2D eigenvalue weighted by molar-refractivity contribution is 8.13. The lowest BCUT2D eigenvalue weighted by Gasteiger charge is -2.32. The van der Waals surface area contributed by atoms with E-state index in [0.717, 1.165) is 11.0 Å². The SMILES string of the molecule is COc1cc(C=C(CSC(C)=O)B2OC(C)(C)C(C)(C)O2)ccc1O. The molecule has 0 atom stereocenters. The monoisotopic (exact) mass is 364 g/mol. The minimum atomic E-state index is -0.531. The van der Waals surface area contributed by atoms with Crippen molar-refractivity contribution in [2.75, 3.05) is 12.9 Å². The minimum absolute atomic E-state index is 0.0331. The molecule has 0 aromatic heterocycles. The predicted molar refractivity (Wildman–Crippen MR) is 102 cm³/mol. The average Bonchev–Trinajstić information content (AvgIpc) is 2.73. The van der Waals surface area contributed by atoms with Crippen molar-refractivity contribution in [1.29, 1.82) is 0 Å². The number of thioether (sulfide) groups is 1. The van der Waals surface area contributed by atoms with Gasteiger partial charge in [-0.05, 0) is 50.9 Å².